The van der Waals surface area contributed by atoms with E-state index in [4.69, 9.17) is 10.8 Å². The highest BCUT2D eigenvalue weighted by molar-refractivity contribution is 5.96. The summed E-state index contributed by atoms with van der Waals surface area (Å²) in [6.07, 6.45) is 0.861. The lowest BCUT2D eigenvalue weighted by Crippen LogP contribution is -2.58. The number of carboxylic acids is 1. The number of nitrogens with two attached hydrogens (primary N) is 1. The molecule has 1 saturated heterocycles. The molecule has 4 unspecified atom stereocenters. The zero-order valence-electron chi connectivity index (χ0n) is 14.9. The van der Waals surface area contributed by atoms with Crippen LogP contribution in [0.4, 0.5) is 0 Å². The molecule has 0 bridgehead atoms. The number of carboxylic acid groups (broad SMARTS) is 1. The van der Waals surface area contributed by atoms with Gasteiger partial charge in [0, 0.05) is 0 Å². The predicted octanol–water partition coefficient (Wildman–Crippen LogP) is -3.83. The van der Waals surface area contributed by atoms with E-state index in [-0.39, 0.29) is 0 Å². The van der Waals surface area contributed by atoms with Gasteiger partial charge in [-0.25, -0.2) is 0 Å². The summed E-state index contributed by atoms with van der Waals surface area (Å²) in [6, 6.07) is -4.54. The van der Waals surface area contributed by atoms with Crippen LogP contribution >= 0.6 is 0 Å². The molecule has 1 fully saturated rings. The molecule has 4 amide bonds. The van der Waals surface area contributed by atoms with Gasteiger partial charge in [0.25, 0.3) is 0 Å². The summed E-state index contributed by atoms with van der Waals surface area (Å²) in [4.78, 5) is 58.5. The molecule has 12 nitrogen and oxygen atoms in total. The van der Waals surface area contributed by atoms with Crippen LogP contribution in [-0.2, 0) is 24.0 Å². The monoisotopic (exact) mass is 387 g/mol. The van der Waals surface area contributed by atoms with Crippen LogP contribution in [0.1, 0.15) is 26.2 Å². The lowest BCUT2D eigenvalue weighted by molar-refractivity contribution is -0.142. The molecule has 0 saturated carbocycles. The molecule has 1 heterocycles. The minimum Gasteiger partial charge on any atom is -0.480 e. The van der Waals surface area contributed by atoms with Crippen molar-refractivity contribution in [2.45, 2.75) is 50.4 Å². The fourth-order valence-corrected chi connectivity index (χ4v) is 2.43. The number of aliphatic hydroxyl groups is 1. The summed E-state index contributed by atoms with van der Waals surface area (Å²) >= 11 is 0. The number of primary amides is 1. The number of carbonyl (C=O) groups excluding carboxylic acids is 4. The van der Waals surface area contributed by atoms with Gasteiger partial charge >= 0.3 is 5.97 Å². The van der Waals surface area contributed by atoms with Crippen LogP contribution in [0, 0.1) is 0 Å². The van der Waals surface area contributed by atoms with Crippen LogP contribution in [0.3, 0.4) is 0 Å². The minimum absolute atomic E-state index is 0.488. The van der Waals surface area contributed by atoms with Gasteiger partial charge in [-0.3, -0.25) is 24.0 Å². The maximum atomic E-state index is 12.4. The van der Waals surface area contributed by atoms with E-state index in [1.807, 2.05) is 0 Å². The molecule has 0 aromatic carbocycles. The SMILES string of the molecule is CC(NC(=O)C(CO)NC(=O)C(CC(N)=O)NC(=O)C1CCCN1)C(=O)O. The molecule has 8 N–H and O–H groups in total. The van der Waals surface area contributed by atoms with Crippen molar-refractivity contribution < 1.29 is 34.2 Å². The van der Waals surface area contributed by atoms with E-state index in [0.29, 0.717) is 13.0 Å². The molecule has 0 aliphatic carbocycles. The Labute approximate surface area is 155 Å². The van der Waals surface area contributed by atoms with Gasteiger partial charge in [-0.05, 0) is 26.3 Å². The second-order valence-corrected chi connectivity index (χ2v) is 6.19. The molecule has 0 aromatic rings. The number of carbonyl (C=O) groups is 5. The highest BCUT2D eigenvalue weighted by Gasteiger charge is 2.31. The van der Waals surface area contributed by atoms with Gasteiger partial charge < -0.3 is 37.2 Å². The van der Waals surface area contributed by atoms with Crippen LogP contribution in [0.5, 0.6) is 0 Å². The van der Waals surface area contributed by atoms with Crippen molar-refractivity contribution in [2.24, 2.45) is 5.73 Å². The summed E-state index contributed by atoms with van der Waals surface area (Å²) in [6.45, 7) is 1.05. The Hall–Kier alpha value is -2.73. The van der Waals surface area contributed by atoms with Crippen molar-refractivity contribution in [1.29, 1.82) is 0 Å². The molecule has 1 rings (SSSR count). The van der Waals surface area contributed by atoms with Crippen molar-refractivity contribution >= 4 is 29.6 Å². The normalized spacial score (nSPS) is 19.4. The number of aliphatic hydroxyl groups excluding tert-OH is 1. The van der Waals surface area contributed by atoms with Gasteiger partial charge in [-0.15, -0.1) is 0 Å². The molecule has 0 spiro atoms. The molecular formula is C15H25N5O7. The van der Waals surface area contributed by atoms with E-state index in [0.717, 1.165) is 6.42 Å². The first-order valence-electron chi connectivity index (χ1n) is 8.42. The van der Waals surface area contributed by atoms with Gasteiger partial charge in [0.2, 0.25) is 23.6 Å². The molecule has 12 heteroatoms. The second kappa shape index (κ2) is 10.4. The summed E-state index contributed by atoms with van der Waals surface area (Å²) in [5.41, 5.74) is 5.10. The minimum atomic E-state index is -1.46. The topological polar surface area (TPSA) is 200 Å². The van der Waals surface area contributed by atoms with E-state index in [1.54, 1.807) is 0 Å². The van der Waals surface area contributed by atoms with E-state index in [9.17, 15) is 29.1 Å². The lowest BCUT2D eigenvalue weighted by atomic mass is 10.1. The van der Waals surface area contributed by atoms with Crippen molar-refractivity contribution in [3.63, 3.8) is 0 Å². The first-order chi connectivity index (χ1) is 12.6. The van der Waals surface area contributed by atoms with Gasteiger partial charge in [-0.2, -0.15) is 0 Å². The lowest BCUT2D eigenvalue weighted by Gasteiger charge is -2.23. The Morgan fingerprint density at radius 1 is 1.11 bits per heavy atom. The highest BCUT2D eigenvalue weighted by Crippen LogP contribution is 2.06. The number of nitrogens with one attached hydrogen (secondary N) is 4. The van der Waals surface area contributed by atoms with Crippen molar-refractivity contribution in [1.82, 2.24) is 21.3 Å². The van der Waals surface area contributed by atoms with Gasteiger partial charge in [0.05, 0.1) is 19.1 Å². The molecule has 0 radical (unpaired) electrons. The Bertz CT molecular complexity index is 591. The molecule has 152 valence electrons. The Kier molecular flexibility index (Phi) is 8.62. The molecule has 1 aliphatic heterocycles. The standard InChI is InChI=1S/C15H25N5O7/c1-7(15(26)27)18-14(25)10(6-21)20-13(24)9(5-11(16)22)19-12(23)8-3-2-4-17-8/h7-10,17,21H,2-6H2,1H3,(H2,16,22)(H,18,25)(H,19,23)(H,20,24)(H,26,27). The predicted molar refractivity (Wildman–Crippen MR) is 91.0 cm³/mol. The van der Waals surface area contributed by atoms with Crippen molar-refractivity contribution in [3.8, 4) is 0 Å². The number of amides is 4. The Morgan fingerprint density at radius 2 is 1.74 bits per heavy atom. The van der Waals surface area contributed by atoms with Crippen LogP contribution in [0.25, 0.3) is 0 Å². The third-order valence-electron chi connectivity index (χ3n) is 3.96. The first kappa shape index (κ1) is 22.3. The molecular weight excluding hydrogens is 362 g/mol. The highest BCUT2D eigenvalue weighted by atomic mass is 16.4. The van der Waals surface area contributed by atoms with E-state index < -0.39 is 66.8 Å². The molecule has 27 heavy (non-hydrogen) atoms. The number of hydrogen-bond acceptors (Lipinski definition) is 7. The van der Waals surface area contributed by atoms with Crippen LogP contribution in [-0.4, -0.2) is 77.1 Å². The molecule has 1 aliphatic rings. The zero-order valence-corrected chi connectivity index (χ0v) is 14.9. The Morgan fingerprint density at radius 3 is 2.22 bits per heavy atom. The van der Waals surface area contributed by atoms with Crippen LogP contribution in [0.15, 0.2) is 0 Å². The summed E-state index contributed by atoms with van der Waals surface area (Å²) in [5, 5.41) is 27.7. The summed E-state index contributed by atoms with van der Waals surface area (Å²) in [5.74, 6) is -4.47. The maximum absolute atomic E-state index is 12.4. The number of aliphatic carboxylic acids is 1. The fraction of sp³-hybridized carbons (Fsp3) is 0.667. The van der Waals surface area contributed by atoms with Gasteiger partial charge in [0.15, 0.2) is 0 Å². The number of rotatable bonds is 10. The largest absolute Gasteiger partial charge is 0.480 e. The average molecular weight is 387 g/mol. The maximum Gasteiger partial charge on any atom is 0.325 e. The van der Waals surface area contributed by atoms with Crippen LogP contribution in [0.2, 0.25) is 0 Å². The third kappa shape index (κ3) is 7.19. The summed E-state index contributed by atoms with van der Waals surface area (Å²) in [7, 11) is 0. The fourth-order valence-electron chi connectivity index (χ4n) is 2.43. The molecule has 4 atom stereocenters. The zero-order chi connectivity index (χ0) is 20.6. The van der Waals surface area contributed by atoms with Crippen molar-refractivity contribution in [3.05, 3.63) is 0 Å². The number of hydrogen-bond donors (Lipinski definition) is 7. The average Bonchev–Trinajstić information content (AvgIpc) is 3.12. The van der Waals surface area contributed by atoms with Gasteiger partial charge in [-0.1, -0.05) is 0 Å². The van der Waals surface area contributed by atoms with E-state index in [1.165, 1.54) is 6.92 Å². The quantitative estimate of drug-likeness (QED) is 0.197. The van der Waals surface area contributed by atoms with E-state index >= 15 is 0 Å². The van der Waals surface area contributed by atoms with Crippen molar-refractivity contribution in [2.75, 3.05) is 13.2 Å². The van der Waals surface area contributed by atoms with Gasteiger partial charge in [0.1, 0.15) is 18.1 Å². The van der Waals surface area contributed by atoms with E-state index in [2.05, 4.69) is 21.3 Å². The second-order valence-electron chi connectivity index (χ2n) is 6.19. The Balaban J connectivity index is 2.74. The summed E-state index contributed by atoms with van der Waals surface area (Å²) < 4.78 is 0. The first-order valence-corrected chi connectivity index (χ1v) is 8.42. The van der Waals surface area contributed by atoms with Crippen LogP contribution < -0.4 is 27.0 Å². The third-order valence-corrected chi connectivity index (χ3v) is 3.96. The molecule has 0 aromatic heterocycles. The smallest absolute Gasteiger partial charge is 0.325 e.